The van der Waals surface area contributed by atoms with Crippen LogP contribution in [0.25, 0.3) is 0 Å². The number of phenolic OH excluding ortho intramolecular Hbond substituents is 1. The molecule has 116 valence electrons. The van der Waals surface area contributed by atoms with Gasteiger partial charge in [0.15, 0.2) is 0 Å². The quantitative estimate of drug-likeness (QED) is 0.909. The first-order valence-electron chi connectivity index (χ1n) is 7.53. The van der Waals surface area contributed by atoms with Crippen molar-refractivity contribution >= 4 is 11.6 Å². The number of phenols is 1. The average Bonchev–Trinajstić information content (AvgIpc) is 2.93. The van der Waals surface area contributed by atoms with E-state index in [9.17, 15) is 10.2 Å². The number of rotatable bonds is 4. The molecule has 0 bridgehead atoms. The van der Waals surface area contributed by atoms with Gasteiger partial charge in [-0.25, -0.2) is 0 Å². The summed E-state index contributed by atoms with van der Waals surface area (Å²) < 4.78 is 0. The molecule has 4 heteroatoms. The summed E-state index contributed by atoms with van der Waals surface area (Å²) >= 11 is 6.07. The second-order valence-electron chi connectivity index (χ2n) is 5.93. The van der Waals surface area contributed by atoms with Crippen molar-refractivity contribution in [3.8, 4) is 5.75 Å². The first kappa shape index (κ1) is 15.3. The lowest BCUT2D eigenvalue weighted by Crippen LogP contribution is -2.20. The number of aliphatic hydroxyl groups is 1. The highest BCUT2D eigenvalue weighted by Crippen LogP contribution is 2.38. The summed E-state index contributed by atoms with van der Waals surface area (Å²) in [6.07, 6.45) is 0. The molecule has 1 saturated heterocycles. The molecule has 2 atom stereocenters. The predicted octanol–water partition coefficient (Wildman–Crippen LogP) is 3.25. The van der Waals surface area contributed by atoms with E-state index in [1.54, 1.807) is 12.1 Å². The molecular formula is C18H20ClNO2. The van der Waals surface area contributed by atoms with Gasteiger partial charge in [-0.1, -0.05) is 41.9 Å². The van der Waals surface area contributed by atoms with Crippen molar-refractivity contribution in [3.63, 3.8) is 0 Å². The smallest absolute Gasteiger partial charge is 0.119 e. The Labute approximate surface area is 135 Å². The number of halogens is 1. The van der Waals surface area contributed by atoms with Gasteiger partial charge < -0.3 is 10.2 Å². The minimum atomic E-state index is 0.104. The fourth-order valence-corrected chi connectivity index (χ4v) is 3.47. The Kier molecular flexibility index (Phi) is 4.67. The van der Waals surface area contributed by atoms with Gasteiger partial charge in [-0.15, -0.1) is 0 Å². The lowest BCUT2D eigenvalue weighted by atomic mass is 9.89. The predicted molar refractivity (Wildman–Crippen MR) is 88.2 cm³/mol. The summed E-state index contributed by atoms with van der Waals surface area (Å²) in [5.41, 5.74) is 2.09. The van der Waals surface area contributed by atoms with E-state index in [0.717, 1.165) is 25.2 Å². The van der Waals surface area contributed by atoms with Crippen LogP contribution in [0.3, 0.4) is 0 Å². The highest BCUT2D eigenvalue weighted by molar-refractivity contribution is 6.30. The molecule has 2 N–H and O–H groups in total. The molecule has 22 heavy (non-hydrogen) atoms. The van der Waals surface area contributed by atoms with Gasteiger partial charge in [0.05, 0.1) is 0 Å². The Bertz CT molecular complexity index is 632. The summed E-state index contributed by atoms with van der Waals surface area (Å²) in [4.78, 5) is 2.32. The van der Waals surface area contributed by atoms with Crippen molar-refractivity contribution in [2.24, 2.45) is 5.92 Å². The van der Waals surface area contributed by atoms with Gasteiger partial charge in [0.25, 0.3) is 0 Å². The first-order chi connectivity index (χ1) is 10.7. The van der Waals surface area contributed by atoms with E-state index >= 15 is 0 Å². The zero-order chi connectivity index (χ0) is 15.5. The molecule has 3 nitrogen and oxygen atoms in total. The van der Waals surface area contributed by atoms with Gasteiger partial charge in [0, 0.05) is 48.7 Å². The molecule has 2 aromatic carbocycles. The van der Waals surface area contributed by atoms with Crippen LogP contribution in [0.2, 0.25) is 5.02 Å². The van der Waals surface area contributed by atoms with Gasteiger partial charge in [-0.3, -0.25) is 4.90 Å². The fourth-order valence-electron chi connectivity index (χ4n) is 3.29. The summed E-state index contributed by atoms with van der Waals surface area (Å²) in [5.74, 6) is 0.481. The first-order valence-corrected chi connectivity index (χ1v) is 7.90. The molecule has 0 unspecified atom stereocenters. The fraction of sp³-hybridized carbons (Fsp3) is 0.333. The summed E-state index contributed by atoms with van der Waals surface area (Å²) in [5, 5.41) is 20.4. The monoisotopic (exact) mass is 317 g/mol. The van der Waals surface area contributed by atoms with E-state index in [1.165, 1.54) is 5.56 Å². The van der Waals surface area contributed by atoms with Crippen LogP contribution in [0, 0.1) is 5.92 Å². The van der Waals surface area contributed by atoms with Crippen LogP contribution in [-0.4, -0.2) is 34.8 Å². The second kappa shape index (κ2) is 6.69. The van der Waals surface area contributed by atoms with Crippen LogP contribution in [0.1, 0.15) is 17.0 Å². The van der Waals surface area contributed by atoms with Crippen LogP contribution >= 0.6 is 11.6 Å². The Morgan fingerprint density at radius 1 is 1.09 bits per heavy atom. The average molecular weight is 318 g/mol. The maximum absolute atomic E-state index is 10.1. The third kappa shape index (κ3) is 3.27. The molecule has 0 aliphatic carbocycles. The number of hydrogen-bond donors (Lipinski definition) is 2. The standard InChI is InChI=1S/C18H20ClNO2/c19-15-6-7-18(22)16(8-15)17-11-20(10-14(17)12-21)9-13-4-2-1-3-5-13/h1-8,14,17,21-22H,9-12H2/t14-,17-/m0/s1. The molecule has 1 heterocycles. The number of benzene rings is 2. The van der Waals surface area contributed by atoms with E-state index in [0.29, 0.717) is 5.02 Å². The molecule has 0 radical (unpaired) electrons. The number of likely N-dealkylation sites (tertiary alicyclic amines) is 1. The van der Waals surface area contributed by atoms with Crippen molar-refractivity contribution in [2.75, 3.05) is 19.7 Å². The van der Waals surface area contributed by atoms with Gasteiger partial charge in [0.2, 0.25) is 0 Å². The van der Waals surface area contributed by atoms with Crippen LogP contribution in [-0.2, 0) is 6.54 Å². The highest BCUT2D eigenvalue weighted by atomic mass is 35.5. The molecular weight excluding hydrogens is 298 g/mol. The van der Waals surface area contributed by atoms with Crippen molar-refractivity contribution < 1.29 is 10.2 Å². The molecule has 2 aromatic rings. The van der Waals surface area contributed by atoms with E-state index in [1.807, 2.05) is 24.3 Å². The number of aromatic hydroxyl groups is 1. The third-order valence-corrected chi connectivity index (χ3v) is 4.62. The van der Waals surface area contributed by atoms with Crippen LogP contribution < -0.4 is 0 Å². The largest absolute Gasteiger partial charge is 0.508 e. The number of aliphatic hydroxyl groups excluding tert-OH is 1. The molecule has 0 aromatic heterocycles. The van der Waals surface area contributed by atoms with Gasteiger partial charge in [-0.05, 0) is 23.8 Å². The Hall–Kier alpha value is -1.55. The van der Waals surface area contributed by atoms with Gasteiger partial charge in [-0.2, -0.15) is 0 Å². The van der Waals surface area contributed by atoms with Crippen molar-refractivity contribution in [2.45, 2.75) is 12.5 Å². The zero-order valence-electron chi connectivity index (χ0n) is 12.3. The molecule has 3 rings (SSSR count). The van der Waals surface area contributed by atoms with Gasteiger partial charge in [0.1, 0.15) is 5.75 Å². The molecule has 0 amide bonds. The van der Waals surface area contributed by atoms with E-state index in [4.69, 9.17) is 11.6 Å². The van der Waals surface area contributed by atoms with Gasteiger partial charge >= 0.3 is 0 Å². The van der Waals surface area contributed by atoms with Crippen LogP contribution in [0.4, 0.5) is 0 Å². The number of hydrogen-bond acceptors (Lipinski definition) is 3. The normalized spacial score (nSPS) is 22.1. The molecule has 0 spiro atoms. The maximum atomic E-state index is 10.1. The summed E-state index contributed by atoms with van der Waals surface area (Å²) in [7, 11) is 0. The lowest BCUT2D eigenvalue weighted by Gasteiger charge is -2.18. The maximum Gasteiger partial charge on any atom is 0.119 e. The van der Waals surface area contributed by atoms with Crippen LogP contribution in [0.15, 0.2) is 48.5 Å². The molecule has 1 aliphatic heterocycles. The van der Waals surface area contributed by atoms with Crippen molar-refractivity contribution in [1.29, 1.82) is 0 Å². The number of nitrogens with zero attached hydrogens (tertiary/aromatic N) is 1. The summed E-state index contributed by atoms with van der Waals surface area (Å²) in [6, 6.07) is 15.4. The minimum absolute atomic E-state index is 0.104. The minimum Gasteiger partial charge on any atom is -0.508 e. The third-order valence-electron chi connectivity index (χ3n) is 4.39. The van der Waals surface area contributed by atoms with Crippen molar-refractivity contribution in [3.05, 3.63) is 64.7 Å². The second-order valence-corrected chi connectivity index (χ2v) is 6.37. The Balaban J connectivity index is 1.79. The van der Waals surface area contributed by atoms with E-state index < -0.39 is 0 Å². The molecule has 0 saturated carbocycles. The topological polar surface area (TPSA) is 43.7 Å². The zero-order valence-corrected chi connectivity index (χ0v) is 13.1. The molecule has 1 aliphatic rings. The van der Waals surface area contributed by atoms with Crippen molar-refractivity contribution in [1.82, 2.24) is 4.90 Å². The van der Waals surface area contributed by atoms with E-state index in [-0.39, 0.29) is 24.2 Å². The lowest BCUT2D eigenvalue weighted by molar-refractivity contribution is 0.213. The highest BCUT2D eigenvalue weighted by Gasteiger charge is 2.34. The van der Waals surface area contributed by atoms with Crippen LogP contribution in [0.5, 0.6) is 5.75 Å². The summed E-state index contributed by atoms with van der Waals surface area (Å²) in [6.45, 7) is 2.60. The SMILES string of the molecule is OC[C@@H]1CN(Cc2ccccc2)C[C@@H]1c1cc(Cl)ccc1O. The van der Waals surface area contributed by atoms with E-state index in [2.05, 4.69) is 17.0 Å². The Morgan fingerprint density at radius 3 is 2.59 bits per heavy atom. The molecule has 1 fully saturated rings. The Morgan fingerprint density at radius 2 is 1.86 bits per heavy atom.